The molecular formula is C7H5AsFIO2. The van der Waals surface area contributed by atoms with Crippen LogP contribution in [0.5, 0.6) is 0 Å². The first kappa shape index (κ1) is 9.99. The Hall–Kier alpha value is -0.0916. The van der Waals surface area contributed by atoms with E-state index in [1.807, 2.05) is 22.6 Å². The molecule has 0 saturated carbocycles. The number of benzene rings is 1. The SMILES string of the molecule is O=C(O)c1cc(F)cc(I)c1[AsH2]. The molecule has 1 unspecified atom stereocenters. The van der Waals surface area contributed by atoms with Crippen LogP contribution in [0.25, 0.3) is 0 Å². The van der Waals surface area contributed by atoms with Crippen molar-refractivity contribution in [1.82, 2.24) is 0 Å². The van der Waals surface area contributed by atoms with Crippen LogP contribution in [0.4, 0.5) is 4.39 Å². The second kappa shape index (κ2) is 3.75. The average Bonchev–Trinajstić information content (AvgIpc) is 1.96. The Morgan fingerprint density at radius 1 is 1.58 bits per heavy atom. The van der Waals surface area contributed by atoms with Gasteiger partial charge in [0.25, 0.3) is 0 Å². The van der Waals surface area contributed by atoms with E-state index in [0.717, 1.165) is 6.07 Å². The van der Waals surface area contributed by atoms with Crippen LogP contribution in [-0.2, 0) is 0 Å². The molecule has 0 fully saturated rings. The van der Waals surface area contributed by atoms with Crippen molar-refractivity contribution in [3.63, 3.8) is 0 Å². The summed E-state index contributed by atoms with van der Waals surface area (Å²) in [6.07, 6.45) is 0. The summed E-state index contributed by atoms with van der Waals surface area (Å²) in [5.74, 6) is -1.58. The minimum absolute atomic E-state index is 0.0550. The molecule has 0 aliphatic heterocycles. The molecule has 1 rings (SSSR count). The van der Waals surface area contributed by atoms with Gasteiger partial charge in [0, 0.05) is 0 Å². The maximum absolute atomic E-state index is 12.7. The number of hydrogen-bond donors (Lipinski definition) is 1. The quantitative estimate of drug-likeness (QED) is 0.592. The zero-order valence-corrected chi connectivity index (χ0v) is 10.4. The summed E-state index contributed by atoms with van der Waals surface area (Å²) >= 11 is 3.11. The van der Waals surface area contributed by atoms with E-state index >= 15 is 0 Å². The van der Waals surface area contributed by atoms with Crippen LogP contribution in [0, 0.1) is 9.39 Å². The molecule has 0 aliphatic rings. The van der Waals surface area contributed by atoms with E-state index in [4.69, 9.17) is 5.11 Å². The summed E-state index contributed by atoms with van der Waals surface area (Å²) in [6, 6.07) is 2.37. The number of rotatable bonds is 1. The molecule has 1 aromatic carbocycles. The Balaban J connectivity index is 3.37. The predicted octanol–water partition coefficient (Wildman–Crippen LogP) is 0.387. The number of carbonyl (C=O) groups is 1. The fourth-order valence-corrected chi connectivity index (χ4v) is 1.96. The molecule has 0 aromatic heterocycles. The molecule has 0 radical (unpaired) electrons. The summed E-state index contributed by atoms with van der Waals surface area (Å²) in [6.45, 7) is 0. The van der Waals surface area contributed by atoms with Crippen molar-refractivity contribution >= 4 is 49.8 Å². The molecule has 0 saturated heterocycles. The average molecular weight is 342 g/mol. The van der Waals surface area contributed by atoms with E-state index in [9.17, 15) is 9.18 Å². The molecule has 5 heteroatoms. The Morgan fingerprint density at radius 3 is 2.67 bits per heavy atom. The molecule has 1 aromatic rings. The number of aromatic carboxylic acids is 1. The number of halogens is 2. The van der Waals surface area contributed by atoms with Gasteiger partial charge in [-0.05, 0) is 0 Å². The van der Waals surface area contributed by atoms with Gasteiger partial charge in [0.2, 0.25) is 0 Å². The predicted molar refractivity (Wildman–Crippen MR) is 54.3 cm³/mol. The zero-order valence-electron chi connectivity index (χ0n) is 5.84. The third-order valence-corrected chi connectivity index (χ3v) is 4.76. The molecule has 1 N–H and O–H groups in total. The van der Waals surface area contributed by atoms with Crippen LogP contribution in [0.1, 0.15) is 10.4 Å². The molecule has 0 heterocycles. The van der Waals surface area contributed by atoms with Gasteiger partial charge in [0.15, 0.2) is 0 Å². The second-order valence-corrected chi connectivity index (χ2v) is 4.53. The molecule has 0 aliphatic carbocycles. The van der Waals surface area contributed by atoms with Gasteiger partial charge in [0.1, 0.15) is 0 Å². The monoisotopic (exact) mass is 342 g/mol. The van der Waals surface area contributed by atoms with Crippen molar-refractivity contribution in [2.24, 2.45) is 0 Å². The molecule has 64 valence electrons. The Morgan fingerprint density at radius 2 is 2.17 bits per heavy atom. The normalized spacial score (nSPS) is 9.92. The van der Waals surface area contributed by atoms with E-state index in [-0.39, 0.29) is 5.56 Å². The third kappa shape index (κ3) is 1.98. The summed E-state index contributed by atoms with van der Waals surface area (Å²) < 4.78 is 14.0. The van der Waals surface area contributed by atoms with Gasteiger partial charge in [-0.15, -0.1) is 0 Å². The summed E-state index contributed by atoms with van der Waals surface area (Å²) in [7, 11) is 0. The van der Waals surface area contributed by atoms with Gasteiger partial charge in [-0.1, -0.05) is 0 Å². The first-order valence-corrected chi connectivity index (χ1v) is 5.29. The van der Waals surface area contributed by atoms with Gasteiger partial charge in [-0.2, -0.15) is 0 Å². The summed E-state index contributed by atoms with van der Waals surface area (Å²) in [4.78, 5) is 10.6. The van der Waals surface area contributed by atoms with Crippen molar-refractivity contribution in [2.45, 2.75) is 0 Å². The van der Waals surface area contributed by atoms with Gasteiger partial charge in [-0.25, -0.2) is 0 Å². The van der Waals surface area contributed by atoms with E-state index < -0.39 is 11.8 Å². The Labute approximate surface area is 90.8 Å². The number of carboxylic acids is 1. The fourth-order valence-electron chi connectivity index (χ4n) is 0.762. The summed E-state index contributed by atoms with van der Waals surface area (Å²) in [5, 5.41) is 8.65. The minimum atomic E-state index is -1.08. The number of carboxylic acid groups (broad SMARTS) is 1. The Kier molecular flexibility index (Phi) is 3.12. The Bertz CT molecular complexity index is 340. The molecule has 12 heavy (non-hydrogen) atoms. The van der Waals surface area contributed by atoms with Crippen molar-refractivity contribution in [3.05, 3.63) is 27.1 Å². The van der Waals surface area contributed by atoms with Gasteiger partial charge >= 0.3 is 91.1 Å². The maximum atomic E-state index is 12.7. The van der Waals surface area contributed by atoms with Crippen molar-refractivity contribution in [3.8, 4) is 0 Å². The molecule has 0 spiro atoms. The molecule has 1 atom stereocenters. The molecular weight excluding hydrogens is 337 g/mol. The van der Waals surface area contributed by atoms with Crippen LogP contribution in [0.2, 0.25) is 0 Å². The number of hydrogen-bond acceptors (Lipinski definition) is 1. The molecule has 0 amide bonds. The standard InChI is InChI=1S/C7H5AsFIO2/c8-6-4(7(11)12)1-3(9)2-5(6)10/h1-2H,8H2,(H,11,12). The topological polar surface area (TPSA) is 37.3 Å². The second-order valence-electron chi connectivity index (χ2n) is 2.15. The molecule has 0 bridgehead atoms. The van der Waals surface area contributed by atoms with Crippen LogP contribution in [-0.4, -0.2) is 27.9 Å². The van der Waals surface area contributed by atoms with Crippen molar-refractivity contribution in [1.29, 1.82) is 0 Å². The van der Waals surface area contributed by atoms with Crippen LogP contribution in [0.3, 0.4) is 0 Å². The van der Waals surface area contributed by atoms with Crippen molar-refractivity contribution < 1.29 is 14.3 Å². The first-order valence-electron chi connectivity index (χ1n) is 3.00. The van der Waals surface area contributed by atoms with E-state index in [0.29, 0.717) is 7.92 Å². The fraction of sp³-hybridized carbons (Fsp3) is 0. The van der Waals surface area contributed by atoms with Gasteiger partial charge in [-0.3, -0.25) is 0 Å². The van der Waals surface area contributed by atoms with E-state index in [1.54, 1.807) is 0 Å². The van der Waals surface area contributed by atoms with E-state index in [1.165, 1.54) is 22.9 Å². The van der Waals surface area contributed by atoms with Crippen LogP contribution < -0.4 is 4.35 Å². The first-order chi connectivity index (χ1) is 5.52. The van der Waals surface area contributed by atoms with Crippen LogP contribution in [0.15, 0.2) is 12.1 Å². The zero-order chi connectivity index (χ0) is 9.30. The van der Waals surface area contributed by atoms with E-state index in [2.05, 4.69) is 0 Å². The molecule has 2 nitrogen and oxygen atoms in total. The van der Waals surface area contributed by atoms with Crippen molar-refractivity contribution in [2.75, 3.05) is 0 Å². The van der Waals surface area contributed by atoms with Gasteiger partial charge < -0.3 is 0 Å². The van der Waals surface area contributed by atoms with Gasteiger partial charge in [0.05, 0.1) is 0 Å². The summed E-state index contributed by atoms with van der Waals surface area (Å²) in [5.41, 5.74) is 0.0550. The third-order valence-electron chi connectivity index (χ3n) is 1.32. The van der Waals surface area contributed by atoms with Crippen LogP contribution >= 0.6 is 22.6 Å².